The number of hydrogen-bond acceptors (Lipinski definition) is 2. The van der Waals surface area contributed by atoms with E-state index in [1.807, 2.05) is 0 Å². The second-order valence-electron chi connectivity index (χ2n) is 2.03. The van der Waals surface area contributed by atoms with E-state index in [0.29, 0.717) is 0 Å². The first-order valence-electron chi connectivity index (χ1n) is 3.09. The molecule has 1 aliphatic heterocycles. The van der Waals surface area contributed by atoms with E-state index in [1.165, 1.54) is 12.8 Å². The zero-order chi connectivity index (χ0) is 6.53. The molecule has 0 amide bonds. The van der Waals surface area contributed by atoms with Gasteiger partial charge < -0.3 is 0 Å². The van der Waals surface area contributed by atoms with Crippen molar-refractivity contribution in [3.8, 4) is 0 Å². The first-order chi connectivity index (χ1) is 4.43. The number of rotatable bonds is 1. The molecule has 0 spiro atoms. The first-order valence-corrected chi connectivity index (χ1v) is 4.14. The zero-order valence-corrected chi connectivity index (χ0v) is 5.97. The highest BCUT2D eigenvalue weighted by Crippen LogP contribution is 2.25. The van der Waals surface area contributed by atoms with Gasteiger partial charge in [0.25, 0.3) is 0 Å². The van der Waals surface area contributed by atoms with Crippen LogP contribution in [-0.4, -0.2) is 11.1 Å². The normalized spacial score (nSPS) is 26.9. The molecule has 0 bridgehead atoms. The summed E-state index contributed by atoms with van der Waals surface area (Å²) in [6.07, 6.45) is 3.56. The summed E-state index contributed by atoms with van der Waals surface area (Å²) in [5.74, 6) is 1.16. The molecule has 1 saturated heterocycles. The van der Waals surface area contributed by atoms with Crippen LogP contribution in [-0.2, 0) is 0 Å². The van der Waals surface area contributed by atoms with Crippen molar-refractivity contribution in [2.45, 2.75) is 24.6 Å². The minimum atomic E-state index is 0.226. The van der Waals surface area contributed by atoms with E-state index in [2.05, 4.69) is 10.0 Å². The SMILES string of the molecule is [N-]=[N+]=NC1CCCCS1. The maximum atomic E-state index is 8.06. The van der Waals surface area contributed by atoms with Crippen molar-refractivity contribution in [2.24, 2.45) is 5.11 Å². The third kappa shape index (κ3) is 2.16. The molecule has 4 heteroatoms. The van der Waals surface area contributed by atoms with Crippen LogP contribution < -0.4 is 0 Å². The van der Waals surface area contributed by atoms with Crippen LogP contribution in [0.3, 0.4) is 0 Å². The monoisotopic (exact) mass is 143 g/mol. The van der Waals surface area contributed by atoms with Crippen molar-refractivity contribution in [2.75, 3.05) is 5.75 Å². The van der Waals surface area contributed by atoms with Gasteiger partial charge in [0.15, 0.2) is 0 Å². The fourth-order valence-electron chi connectivity index (χ4n) is 0.872. The highest BCUT2D eigenvalue weighted by atomic mass is 32.2. The average Bonchev–Trinajstić information content (AvgIpc) is 1.91. The van der Waals surface area contributed by atoms with E-state index in [4.69, 9.17) is 5.53 Å². The number of hydrogen-bond donors (Lipinski definition) is 0. The Labute approximate surface area is 58.5 Å². The Bertz CT molecular complexity index is 124. The summed E-state index contributed by atoms with van der Waals surface area (Å²) in [7, 11) is 0. The summed E-state index contributed by atoms with van der Waals surface area (Å²) in [4.78, 5) is 2.76. The van der Waals surface area contributed by atoms with E-state index in [9.17, 15) is 0 Å². The molecule has 0 aliphatic carbocycles. The molecule has 1 unspecified atom stereocenters. The Hall–Kier alpha value is -0.340. The number of thioether (sulfide) groups is 1. The van der Waals surface area contributed by atoms with Crippen LogP contribution in [0.1, 0.15) is 19.3 Å². The van der Waals surface area contributed by atoms with Crippen molar-refractivity contribution in [3.05, 3.63) is 10.4 Å². The van der Waals surface area contributed by atoms with E-state index in [-0.39, 0.29) is 5.37 Å². The van der Waals surface area contributed by atoms with Gasteiger partial charge in [0.05, 0.1) is 5.37 Å². The van der Waals surface area contributed by atoms with Gasteiger partial charge in [-0.1, -0.05) is 11.5 Å². The molecular formula is C5H9N3S. The lowest BCUT2D eigenvalue weighted by atomic mass is 10.2. The van der Waals surface area contributed by atoms with Crippen molar-refractivity contribution in [3.63, 3.8) is 0 Å². The highest BCUT2D eigenvalue weighted by molar-refractivity contribution is 7.99. The van der Waals surface area contributed by atoms with Gasteiger partial charge in [-0.3, -0.25) is 0 Å². The van der Waals surface area contributed by atoms with Crippen LogP contribution in [0.2, 0.25) is 0 Å². The standard InChI is InChI=1S/C5H9N3S/c6-8-7-5-3-1-2-4-9-5/h5H,1-4H2. The minimum absolute atomic E-state index is 0.226. The van der Waals surface area contributed by atoms with E-state index in [0.717, 1.165) is 12.2 Å². The quantitative estimate of drug-likeness (QED) is 0.316. The topological polar surface area (TPSA) is 48.8 Å². The van der Waals surface area contributed by atoms with Crippen LogP contribution in [0.15, 0.2) is 5.11 Å². The third-order valence-corrected chi connectivity index (χ3v) is 2.58. The van der Waals surface area contributed by atoms with Crippen molar-refractivity contribution < 1.29 is 0 Å². The lowest BCUT2D eigenvalue weighted by Gasteiger charge is -2.15. The average molecular weight is 143 g/mol. The summed E-state index contributed by atoms with van der Waals surface area (Å²) in [6.45, 7) is 0. The first kappa shape index (κ1) is 6.78. The minimum Gasteiger partial charge on any atom is -0.153 e. The van der Waals surface area contributed by atoms with E-state index in [1.54, 1.807) is 11.8 Å². The smallest absolute Gasteiger partial charge is 0.0833 e. The second-order valence-corrected chi connectivity index (χ2v) is 3.31. The Morgan fingerprint density at radius 3 is 3.00 bits per heavy atom. The molecule has 0 saturated carbocycles. The van der Waals surface area contributed by atoms with Gasteiger partial charge in [-0.25, -0.2) is 0 Å². The van der Waals surface area contributed by atoms with Crippen molar-refractivity contribution in [1.29, 1.82) is 0 Å². The number of nitrogens with zero attached hydrogens (tertiary/aromatic N) is 3. The summed E-state index contributed by atoms with van der Waals surface area (Å²) in [5.41, 5.74) is 8.06. The van der Waals surface area contributed by atoms with Gasteiger partial charge in [0, 0.05) is 4.91 Å². The molecule has 0 N–H and O–H groups in total. The maximum absolute atomic E-state index is 8.06. The molecule has 1 heterocycles. The largest absolute Gasteiger partial charge is 0.153 e. The summed E-state index contributed by atoms with van der Waals surface area (Å²) < 4.78 is 0. The van der Waals surface area contributed by atoms with Gasteiger partial charge in [-0.15, -0.1) is 0 Å². The number of azide groups is 1. The Morgan fingerprint density at radius 2 is 2.44 bits per heavy atom. The van der Waals surface area contributed by atoms with Crippen LogP contribution in [0.4, 0.5) is 0 Å². The molecule has 1 rings (SSSR count). The van der Waals surface area contributed by atoms with Gasteiger partial charge >= 0.3 is 0 Å². The Kier molecular flexibility index (Phi) is 2.74. The molecular weight excluding hydrogens is 134 g/mol. The van der Waals surface area contributed by atoms with Gasteiger partial charge in [-0.2, -0.15) is 11.8 Å². The lowest BCUT2D eigenvalue weighted by Crippen LogP contribution is -2.04. The summed E-state index contributed by atoms with van der Waals surface area (Å²) in [5, 5.41) is 3.85. The van der Waals surface area contributed by atoms with E-state index < -0.39 is 0 Å². The lowest BCUT2D eigenvalue weighted by molar-refractivity contribution is 0.676. The molecule has 1 aliphatic rings. The molecule has 1 fully saturated rings. The van der Waals surface area contributed by atoms with Gasteiger partial charge in [0.1, 0.15) is 0 Å². The maximum Gasteiger partial charge on any atom is 0.0833 e. The Balaban J connectivity index is 2.31. The van der Waals surface area contributed by atoms with Crippen LogP contribution in [0.5, 0.6) is 0 Å². The molecule has 0 aromatic heterocycles. The zero-order valence-electron chi connectivity index (χ0n) is 5.16. The Morgan fingerprint density at radius 1 is 1.56 bits per heavy atom. The van der Waals surface area contributed by atoms with Crippen LogP contribution in [0.25, 0.3) is 10.4 Å². The van der Waals surface area contributed by atoms with Crippen LogP contribution >= 0.6 is 11.8 Å². The van der Waals surface area contributed by atoms with Gasteiger partial charge in [-0.05, 0) is 24.1 Å². The molecule has 3 nitrogen and oxygen atoms in total. The molecule has 9 heavy (non-hydrogen) atoms. The molecule has 0 aromatic carbocycles. The molecule has 0 radical (unpaired) electrons. The van der Waals surface area contributed by atoms with Gasteiger partial charge in [0.2, 0.25) is 0 Å². The van der Waals surface area contributed by atoms with Crippen molar-refractivity contribution >= 4 is 11.8 Å². The fourth-order valence-corrected chi connectivity index (χ4v) is 1.96. The molecule has 1 atom stereocenters. The third-order valence-electron chi connectivity index (χ3n) is 1.34. The van der Waals surface area contributed by atoms with E-state index >= 15 is 0 Å². The van der Waals surface area contributed by atoms with Crippen molar-refractivity contribution in [1.82, 2.24) is 0 Å². The van der Waals surface area contributed by atoms with Crippen LogP contribution in [0, 0.1) is 0 Å². The molecule has 0 aromatic rings. The predicted octanol–water partition coefficient (Wildman–Crippen LogP) is 2.54. The fraction of sp³-hybridized carbons (Fsp3) is 1.00. The summed E-state index contributed by atoms with van der Waals surface area (Å²) in [6, 6.07) is 0. The predicted molar refractivity (Wildman–Crippen MR) is 39.2 cm³/mol. The summed E-state index contributed by atoms with van der Waals surface area (Å²) >= 11 is 1.77. The second kappa shape index (κ2) is 3.64. The highest BCUT2D eigenvalue weighted by Gasteiger charge is 2.10. The molecule has 50 valence electrons.